The lowest BCUT2D eigenvalue weighted by Crippen LogP contribution is -2.16. The lowest BCUT2D eigenvalue weighted by atomic mass is 9.98. The fourth-order valence-corrected chi connectivity index (χ4v) is 5.08. The van der Waals surface area contributed by atoms with Crippen LogP contribution in [-0.4, -0.2) is 49.4 Å². The summed E-state index contributed by atoms with van der Waals surface area (Å²) in [7, 11) is 2.73. The third-order valence-corrected chi connectivity index (χ3v) is 7.15. The minimum absolute atomic E-state index is 0.0287. The summed E-state index contributed by atoms with van der Waals surface area (Å²) in [6, 6.07) is 7.70. The average Bonchev–Trinajstić information content (AvgIpc) is 3.36. The van der Waals surface area contributed by atoms with Gasteiger partial charge in [0.15, 0.2) is 5.13 Å². The summed E-state index contributed by atoms with van der Waals surface area (Å²) in [4.78, 5) is 28.5. The Bertz CT molecular complexity index is 1410. The van der Waals surface area contributed by atoms with E-state index >= 15 is 4.39 Å². The molecule has 8 nitrogen and oxygen atoms in total. The maximum absolute atomic E-state index is 15.6. The second-order valence-corrected chi connectivity index (χ2v) is 11.9. The molecule has 0 spiro atoms. The Balaban J connectivity index is 1.76. The van der Waals surface area contributed by atoms with Crippen molar-refractivity contribution in [3.8, 4) is 11.3 Å². The molecule has 0 fully saturated rings. The van der Waals surface area contributed by atoms with Gasteiger partial charge in [0.25, 0.3) is 5.91 Å². The molecule has 1 unspecified atom stereocenters. The highest BCUT2D eigenvalue weighted by molar-refractivity contribution is 7.14. The first-order chi connectivity index (χ1) is 19.3. The van der Waals surface area contributed by atoms with Crippen molar-refractivity contribution in [2.24, 2.45) is 5.41 Å². The zero-order chi connectivity index (χ0) is 30.3. The van der Waals surface area contributed by atoms with E-state index in [9.17, 15) is 9.59 Å². The minimum Gasteiger partial charge on any atom is -0.490 e. The van der Waals surface area contributed by atoms with E-state index in [1.165, 1.54) is 26.4 Å². The van der Waals surface area contributed by atoms with Crippen LogP contribution in [0.2, 0.25) is 10.0 Å². The van der Waals surface area contributed by atoms with Gasteiger partial charge in [0.1, 0.15) is 5.82 Å². The number of methoxy groups -OCH3 is 2. The van der Waals surface area contributed by atoms with Gasteiger partial charge in [-0.25, -0.2) is 14.2 Å². The Hall–Kier alpha value is -3.02. The highest BCUT2D eigenvalue weighted by atomic mass is 35.5. The molecule has 3 aromatic rings. The number of anilines is 1. The minimum atomic E-state index is -1.30. The molecule has 0 saturated heterocycles. The van der Waals surface area contributed by atoms with Crippen molar-refractivity contribution in [2.45, 2.75) is 33.3 Å². The van der Waals surface area contributed by atoms with Crippen LogP contribution in [0, 0.1) is 11.2 Å². The van der Waals surface area contributed by atoms with Gasteiger partial charge in [0, 0.05) is 47.8 Å². The Kier molecular flexibility index (Phi) is 11.3. The molecule has 2 N–H and O–H groups in total. The number of ether oxygens (including phenoxy) is 3. The Labute approximate surface area is 252 Å². The summed E-state index contributed by atoms with van der Waals surface area (Å²) >= 11 is 13.7. The molecule has 3 rings (SSSR count). The Morgan fingerprint density at radius 2 is 1.88 bits per heavy atom. The maximum Gasteiger partial charge on any atom is 0.371 e. The van der Waals surface area contributed by atoms with Gasteiger partial charge >= 0.3 is 5.97 Å². The molecular weight excluding hydrogens is 594 g/mol. The van der Waals surface area contributed by atoms with Gasteiger partial charge in [-0.3, -0.25) is 10.1 Å². The second kappa shape index (κ2) is 14.2. The summed E-state index contributed by atoms with van der Waals surface area (Å²) in [5.41, 5.74) is 1.34. The highest BCUT2D eigenvalue weighted by Gasteiger charge is 2.21. The number of benzene rings is 2. The number of carboxylic acids is 1. The quantitative estimate of drug-likeness (QED) is 0.121. The standard InChI is InChI=1S/C29H31Cl2FN2O6S/c1-29(2,3)15-40-10-9-23(38-4)18-8-6-7-17(25(18)32)22-14-41-28(33-22)34-26(35)16-11-20(30)19(21(31)12-16)13-24(39-5)27(36)37/h6-8,11-14,23H,9-10,15H2,1-5H3,(H,36,37)(H,33,34,35)/b24-13+. The molecule has 1 amide bonds. The van der Waals surface area contributed by atoms with Crippen LogP contribution < -0.4 is 5.32 Å². The van der Waals surface area contributed by atoms with E-state index in [4.69, 9.17) is 42.5 Å². The van der Waals surface area contributed by atoms with Crippen molar-refractivity contribution in [3.63, 3.8) is 0 Å². The number of hydrogen-bond acceptors (Lipinski definition) is 7. The number of carbonyl (C=O) groups is 2. The first-order valence-electron chi connectivity index (χ1n) is 12.5. The number of aromatic nitrogens is 1. The number of nitrogens with one attached hydrogen (secondary N) is 1. The molecule has 1 atom stereocenters. The highest BCUT2D eigenvalue weighted by Crippen LogP contribution is 2.34. The number of aliphatic carboxylic acids is 1. The molecule has 220 valence electrons. The van der Waals surface area contributed by atoms with Crippen molar-refractivity contribution < 1.29 is 33.3 Å². The van der Waals surface area contributed by atoms with Gasteiger partial charge in [0.05, 0.1) is 35.6 Å². The van der Waals surface area contributed by atoms with E-state index in [0.717, 1.165) is 17.4 Å². The monoisotopic (exact) mass is 624 g/mol. The molecule has 1 aromatic heterocycles. The fourth-order valence-electron chi connectivity index (χ4n) is 3.78. The number of halogens is 3. The van der Waals surface area contributed by atoms with Crippen LogP contribution in [-0.2, 0) is 19.0 Å². The number of amides is 1. The summed E-state index contributed by atoms with van der Waals surface area (Å²) < 4.78 is 31.7. The number of thiazole rings is 1. The van der Waals surface area contributed by atoms with Gasteiger partial charge in [-0.1, -0.05) is 56.1 Å². The molecule has 0 saturated carbocycles. The van der Waals surface area contributed by atoms with Crippen molar-refractivity contribution in [2.75, 3.05) is 32.8 Å². The van der Waals surface area contributed by atoms with E-state index in [2.05, 4.69) is 31.1 Å². The Morgan fingerprint density at radius 1 is 1.20 bits per heavy atom. The number of carbonyl (C=O) groups excluding carboxylic acids is 1. The molecule has 0 aliphatic rings. The maximum atomic E-state index is 15.6. The molecule has 0 aliphatic heterocycles. The van der Waals surface area contributed by atoms with Gasteiger partial charge < -0.3 is 19.3 Å². The van der Waals surface area contributed by atoms with E-state index < -0.39 is 23.8 Å². The van der Waals surface area contributed by atoms with E-state index in [0.29, 0.717) is 30.9 Å². The van der Waals surface area contributed by atoms with Gasteiger partial charge in [-0.15, -0.1) is 11.3 Å². The molecule has 0 radical (unpaired) electrons. The van der Waals surface area contributed by atoms with Crippen LogP contribution in [0.15, 0.2) is 41.5 Å². The smallest absolute Gasteiger partial charge is 0.371 e. The van der Waals surface area contributed by atoms with Crippen molar-refractivity contribution >= 4 is 57.6 Å². The van der Waals surface area contributed by atoms with Crippen LogP contribution in [0.4, 0.5) is 9.52 Å². The number of nitrogens with zero attached hydrogens (tertiary/aromatic N) is 1. The van der Waals surface area contributed by atoms with E-state index in [1.54, 1.807) is 23.6 Å². The van der Waals surface area contributed by atoms with Crippen molar-refractivity contribution in [1.82, 2.24) is 4.98 Å². The summed E-state index contributed by atoms with van der Waals surface area (Å²) in [6.45, 7) is 7.24. The van der Waals surface area contributed by atoms with Crippen LogP contribution >= 0.6 is 34.5 Å². The lowest BCUT2D eigenvalue weighted by Gasteiger charge is -2.21. The topological polar surface area (TPSA) is 107 Å². The zero-order valence-corrected chi connectivity index (χ0v) is 25.5. The van der Waals surface area contributed by atoms with Gasteiger partial charge in [-0.2, -0.15) is 0 Å². The Morgan fingerprint density at radius 3 is 2.46 bits per heavy atom. The number of rotatable bonds is 12. The summed E-state index contributed by atoms with van der Waals surface area (Å²) in [5.74, 6) is -2.69. The van der Waals surface area contributed by atoms with Crippen LogP contribution in [0.1, 0.15) is 54.8 Å². The third-order valence-electron chi connectivity index (χ3n) is 5.77. The van der Waals surface area contributed by atoms with Crippen LogP contribution in [0.25, 0.3) is 17.3 Å². The molecule has 0 aliphatic carbocycles. The largest absolute Gasteiger partial charge is 0.490 e. The fraction of sp³-hybridized carbons (Fsp3) is 0.345. The molecule has 1 heterocycles. The van der Waals surface area contributed by atoms with Gasteiger partial charge in [-0.05, 0) is 29.7 Å². The third kappa shape index (κ3) is 8.73. The molecule has 0 bridgehead atoms. The molecule has 12 heteroatoms. The van der Waals surface area contributed by atoms with Crippen molar-refractivity contribution in [3.05, 3.63) is 74.0 Å². The van der Waals surface area contributed by atoms with Crippen molar-refractivity contribution in [1.29, 1.82) is 0 Å². The summed E-state index contributed by atoms with van der Waals surface area (Å²) in [6.07, 6.45) is 1.14. The zero-order valence-electron chi connectivity index (χ0n) is 23.2. The molecular formula is C29H31Cl2FN2O6S. The van der Waals surface area contributed by atoms with Crippen LogP contribution in [0.5, 0.6) is 0 Å². The lowest BCUT2D eigenvalue weighted by molar-refractivity contribution is -0.135. The average molecular weight is 626 g/mol. The number of carboxylic acid groups (broad SMARTS) is 1. The molecule has 41 heavy (non-hydrogen) atoms. The predicted molar refractivity (Wildman–Crippen MR) is 159 cm³/mol. The normalized spacial score (nSPS) is 12.7. The first kappa shape index (κ1) is 32.5. The van der Waals surface area contributed by atoms with E-state index in [1.807, 2.05) is 0 Å². The van der Waals surface area contributed by atoms with Gasteiger partial charge in [0.2, 0.25) is 5.76 Å². The van der Waals surface area contributed by atoms with Crippen LogP contribution in [0.3, 0.4) is 0 Å². The summed E-state index contributed by atoms with van der Waals surface area (Å²) in [5, 5.41) is 13.8. The molecule has 2 aromatic carbocycles. The second-order valence-electron chi connectivity index (χ2n) is 10.2. The number of hydrogen-bond donors (Lipinski definition) is 2. The SMILES string of the molecule is CO/C(=C/c1c(Cl)cc(C(=O)Nc2nc(-c3cccc(C(CCOCC(C)(C)C)OC)c3F)cs2)cc1Cl)C(=O)O. The first-order valence-corrected chi connectivity index (χ1v) is 14.1. The van der Waals surface area contributed by atoms with E-state index in [-0.39, 0.29) is 43.0 Å². The predicted octanol–water partition coefficient (Wildman–Crippen LogP) is 7.72.